The summed E-state index contributed by atoms with van der Waals surface area (Å²) in [6, 6.07) is 11.7. The maximum Gasteiger partial charge on any atom is 0.240 e. The number of nitrogens with two attached hydrogens (primary N) is 1. The molecule has 0 saturated carbocycles. The second kappa shape index (κ2) is 8.57. The molecule has 8 heteroatoms. The van der Waals surface area contributed by atoms with E-state index in [0.717, 1.165) is 11.1 Å². The van der Waals surface area contributed by atoms with Crippen molar-refractivity contribution in [3.8, 4) is 11.8 Å². The lowest BCUT2D eigenvalue weighted by Gasteiger charge is -2.12. The van der Waals surface area contributed by atoms with Crippen LogP contribution in [-0.2, 0) is 26.5 Å². The predicted octanol–water partition coefficient (Wildman–Crippen LogP) is 3.02. The minimum atomic E-state index is -4.06. The van der Waals surface area contributed by atoms with Crippen molar-refractivity contribution in [3.05, 3.63) is 59.2 Å². The molecule has 156 valence electrons. The van der Waals surface area contributed by atoms with Crippen LogP contribution in [0.5, 0.6) is 0 Å². The van der Waals surface area contributed by atoms with Crippen LogP contribution in [0.15, 0.2) is 47.4 Å². The zero-order valence-electron chi connectivity index (χ0n) is 17.0. The average molecular weight is 435 g/mol. The molecule has 0 aromatic heterocycles. The fourth-order valence-corrected chi connectivity index (χ4v) is 4.39. The molecular weight excluding hydrogens is 408 g/mol. The fraction of sp³-hybridized carbons (Fsp3) is 0.333. The van der Waals surface area contributed by atoms with Gasteiger partial charge in [-0.15, -0.1) is 0 Å². The van der Waals surface area contributed by atoms with Crippen molar-refractivity contribution in [1.82, 2.24) is 0 Å². The summed E-state index contributed by atoms with van der Waals surface area (Å²) in [4.78, 5) is -0.247. The third-order valence-corrected chi connectivity index (χ3v) is 6.13. The number of primary sulfonamides is 1. The molecule has 3 N–H and O–H groups in total. The molecule has 29 heavy (non-hydrogen) atoms. The summed E-state index contributed by atoms with van der Waals surface area (Å²) in [5.41, 5.74) is 2.22. The summed E-state index contributed by atoms with van der Waals surface area (Å²) in [5.74, 6) is 6.04. The molecule has 0 fully saturated rings. The Morgan fingerprint density at radius 3 is 2.17 bits per heavy atom. The third kappa shape index (κ3) is 7.54. The molecule has 0 unspecified atom stereocenters. The molecule has 0 aliphatic carbocycles. The van der Waals surface area contributed by atoms with E-state index in [1.807, 2.05) is 45.0 Å². The van der Waals surface area contributed by atoms with Gasteiger partial charge in [0.15, 0.2) is 0 Å². The van der Waals surface area contributed by atoms with Crippen LogP contribution in [0.3, 0.4) is 0 Å². The Morgan fingerprint density at radius 1 is 1.00 bits per heavy atom. The number of nitrogens with one attached hydrogen (secondary N) is 1. The largest absolute Gasteiger partial charge is 0.282 e. The van der Waals surface area contributed by atoms with Gasteiger partial charge in [0.25, 0.3) is 0 Å². The first-order chi connectivity index (χ1) is 13.3. The maximum atomic E-state index is 12.4. The van der Waals surface area contributed by atoms with Crippen molar-refractivity contribution in [1.29, 1.82) is 0 Å². The first-order valence-electron chi connectivity index (χ1n) is 9.01. The quantitative estimate of drug-likeness (QED) is 0.682. The number of hydrogen-bond donors (Lipinski definition) is 2. The number of sulfonamides is 2. The van der Waals surface area contributed by atoms with E-state index in [9.17, 15) is 16.8 Å². The number of benzene rings is 2. The molecule has 0 heterocycles. The van der Waals surface area contributed by atoms with Gasteiger partial charge in [0.1, 0.15) is 4.90 Å². The summed E-state index contributed by atoms with van der Waals surface area (Å²) >= 11 is 0. The van der Waals surface area contributed by atoms with E-state index in [2.05, 4.69) is 16.6 Å². The fourth-order valence-electron chi connectivity index (χ4n) is 2.43. The van der Waals surface area contributed by atoms with Gasteiger partial charge in [-0.1, -0.05) is 30.0 Å². The van der Waals surface area contributed by atoms with Crippen LogP contribution in [-0.4, -0.2) is 22.6 Å². The van der Waals surface area contributed by atoms with Crippen molar-refractivity contribution < 1.29 is 16.8 Å². The van der Waals surface area contributed by atoms with Crippen molar-refractivity contribution in [2.45, 2.75) is 39.0 Å². The molecule has 0 aliphatic rings. The summed E-state index contributed by atoms with van der Waals surface area (Å²) in [6.45, 7) is 7.78. The van der Waals surface area contributed by atoms with Gasteiger partial charge in [0, 0.05) is 11.0 Å². The number of aryl methyl sites for hydroxylation is 2. The Labute approximate surface area is 173 Å². The zero-order valence-corrected chi connectivity index (χ0v) is 18.6. The van der Waals surface area contributed by atoms with Crippen LogP contribution in [0.4, 0.5) is 5.69 Å². The lowest BCUT2D eigenvalue weighted by molar-refractivity contribution is 0.571. The highest BCUT2D eigenvalue weighted by Crippen LogP contribution is 2.23. The highest BCUT2D eigenvalue weighted by atomic mass is 32.2. The molecule has 0 spiro atoms. The average Bonchev–Trinajstić information content (AvgIpc) is 2.59. The lowest BCUT2D eigenvalue weighted by Crippen LogP contribution is -2.21. The van der Waals surface area contributed by atoms with E-state index in [0.29, 0.717) is 5.56 Å². The van der Waals surface area contributed by atoms with Crippen LogP contribution in [0, 0.1) is 24.2 Å². The van der Waals surface area contributed by atoms with Gasteiger partial charge < -0.3 is 0 Å². The molecule has 2 aromatic carbocycles. The van der Waals surface area contributed by atoms with Gasteiger partial charge in [-0.3, -0.25) is 4.72 Å². The molecular formula is C21H26N2O4S2. The predicted molar refractivity (Wildman–Crippen MR) is 116 cm³/mol. The molecule has 0 amide bonds. The Bertz CT molecular complexity index is 1150. The smallest absolute Gasteiger partial charge is 0.240 e. The molecule has 0 saturated heterocycles. The van der Waals surface area contributed by atoms with Crippen LogP contribution in [0.1, 0.15) is 37.5 Å². The van der Waals surface area contributed by atoms with Gasteiger partial charge in [-0.2, -0.15) is 0 Å². The van der Waals surface area contributed by atoms with Gasteiger partial charge in [-0.05, 0) is 69.5 Å². The van der Waals surface area contributed by atoms with E-state index in [-0.39, 0.29) is 28.2 Å². The number of rotatable bonds is 6. The van der Waals surface area contributed by atoms with Gasteiger partial charge in [0.05, 0.1) is 11.4 Å². The van der Waals surface area contributed by atoms with E-state index in [4.69, 9.17) is 5.14 Å². The van der Waals surface area contributed by atoms with Crippen LogP contribution in [0.25, 0.3) is 0 Å². The Morgan fingerprint density at radius 2 is 1.62 bits per heavy atom. The monoisotopic (exact) mass is 434 g/mol. The molecule has 6 nitrogen and oxygen atoms in total. The standard InChI is InChI=1S/C21H26N2O4S2/c1-16-5-10-19(20(15-16)29(22,26)27)23-28(24,25)14-12-18-8-6-17(7-9-18)11-13-21(2,3)4/h5-10,15,23H,12,14H2,1-4H3,(H2,22,26,27). The number of anilines is 1. The highest BCUT2D eigenvalue weighted by molar-refractivity contribution is 7.93. The molecule has 0 aliphatic heterocycles. The topological polar surface area (TPSA) is 106 Å². The maximum absolute atomic E-state index is 12.4. The van der Waals surface area contributed by atoms with Gasteiger partial charge in [-0.25, -0.2) is 22.0 Å². The summed E-state index contributed by atoms with van der Waals surface area (Å²) in [7, 11) is -7.82. The molecule has 2 aromatic rings. The van der Waals surface area contributed by atoms with E-state index in [1.165, 1.54) is 12.1 Å². The lowest BCUT2D eigenvalue weighted by atomic mass is 9.97. The second-order valence-electron chi connectivity index (χ2n) is 7.91. The summed E-state index contributed by atoms with van der Waals surface area (Å²) in [6.07, 6.45) is 0.277. The molecule has 0 atom stereocenters. The Balaban J connectivity index is 2.11. The highest BCUT2D eigenvalue weighted by Gasteiger charge is 2.19. The van der Waals surface area contributed by atoms with Crippen molar-refractivity contribution in [3.63, 3.8) is 0 Å². The van der Waals surface area contributed by atoms with Crippen molar-refractivity contribution in [2.24, 2.45) is 10.6 Å². The minimum absolute atomic E-state index is 0.0501. The van der Waals surface area contributed by atoms with Crippen LogP contribution in [0.2, 0.25) is 0 Å². The Hall–Kier alpha value is -2.34. The third-order valence-electron chi connectivity index (χ3n) is 3.90. The van der Waals surface area contributed by atoms with Crippen molar-refractivity contribution >= 4 is 25.7 Å². The molecule has 0 radical (unpaired) electrons. The summed E-state index contributed by atoms with van der Waals surface area (Å²) < 4.78 is 50.7. The SMILES string of the molecule is Cc1ccc(NS(=O)(=O)CCc2ccc(C#CC(C)(C)C)cc2)c(S(N)(=O)=O)c1. The minimum Gasteiger partial charge on any atom is -0.282 e. The van der Waals surface area contributed by atoms with Crippen molar-refractivity contribution in [2.75, 3.05) is 10.5 Å². The van der Waals surface area contributed by atoms with Gasteiger partial charge in [0.2, 0.25) is 20.0 Å². The van der Waals surface area contributed by atoms with E-state index in [1.54, 1.807) is 13.0 Å². The molecule has 0 bridgehead atoms. The Kier molecular flexibility index (Phi) is 6.78. The van der Waals surface area contributed by atoms with Crippen LogP contribution >= 0.6 is 0 Å². The van der Waals surface area contributed by atoms with E-state index >= 15 is 0 Å². The first-order valence-corrected chi connectivity index (χ1v) is 12.2. The zero-order chi connectivity index (χ0) is 21.9. The molecule has 2 rings (SSSR count). The van der Waals surface area contributed by atoms with E-state index < -0.39 is 20.0 Å². The number of hydrogen-bond acceptors (Lipinski definition) is 4. The summed E-state index contributed by atoms with van der Waals surface area (Å²) in [5, 5.41) is 5.20. The van der Waals surface area contributed by atoms with Gasteiger partial charge >= 0.3 is 0 Å². The van der Waals surface area contributed by atoms with Crippen LogP contribution < -0.4 is 9.86 Å². The first kappa shape index (κ1) is 22.9. The normalized spacial score (nSPS) is 12.2. The second-order valence-corrected chi connectivity index (χ2v) is 11.3.